The average Bonchev–Trinajstić information content (AvgIpc) is 2.83. The summed E-state index contributed by atoms with van der Waals surface area (Å²) < 4.78 is 0. The maximum Gasteiger partial charge on any atom is 0.246 e. The van der Waals surface area contributed by atoms with Gasteiger partial charge in [0.05, 0.1) is 0 Å². The highest BCUT2D eigenvalue weighted by Crippen LogP contribution is 2.22. The van der Waals surface area contributed by atoms with Crippen LogP contribution in [0.15, 0.2) is 24.3 Å². The number of amides is 1. The van der Waals surface area contributed by atoms with Gasteiger partial charge in [-0.3, -0.25) is 4.79 Å². The lowest BCUT2D eigenvalue weighted by molar-refractivity contribution is -0.124. The minimum Gasteiger partial charge on any atom is -0.339 e. The predicted molar refractivity (Wildman–Crippen MR) is 71.3 cm³/mol. The lowest BCUT2D eigenvalue weighted by atomic mass is 10.2. The average molecular weight is 270 g/mol. The second-order valence-corrected chi connectivity index (χ2v) is 4.88. The second-order valence-electron chi connectivity index (χ2n) is 4.03. The van der Waals surface area contributed by atoms with Crippen molar-refractivity contribution in [2.24, 2.45) is 0 Å². The first-order valence-electron chi connectivity index (χ1n) is 5.59. The molecule has 1 aliphatic rings. The molecule has 2 rings (SSSR count). The minimum absolute atomic E-state index is 0.0403. The quantitative estimate of drug-likeness (QED) is 0.751. The Morgan fingerprint density at radius 2 is 1.94 bits per heavy atom. The van der Waals surface area contributed by atoms with Gasteiger partial charge in [-0.2, -0.15) is 0 Å². The van der Waals surface area contributed by atoms with E-state index in [-0.39, 0.29) is 5.91 Å². The van der Waals surface area contributed by atoms with Gasteiger partial charge in [0.25, 0.3) is 0 Å². The van der Waals surface area contributed by atoms with Gasteiger partial charge >= 0.3 is 0 Å². The van der Waals surface area contributed by atoms with Gasteiger partial charge in [0.1, 0.15) is 0 Å². The molecule has 1 amide bonds. The number of likely N-dealkylation sites (tertiary alicyclic amines) is 1. The van der Waals surface area contributed by atoms with Crippen LogP contribution in [0.1, 0.15) is 18.4 Å². The first kappa shape index (κ1) is 12.5. The van der Waals surface area contributed by atoms with Crippen molar-refractivity contribution >= 4 is 35.2 Å². The number of carbonyl (C=O) groups is 1. The van der Waals surface area contributed by atoms with Gasteiger partial charge in [-0.1, -0.05) is 23.2 Å². The number of halogens is 2. The van der Waals surface area contributed by atoms with Crippen LogP contribution in [-0.4, -0.2) is 23.9 Å². The van der Waals surface area contributed by atoms with E-state index in [1.54, 1.807) is 30.4 Å². The number of nitrogens with zero attached hydrogens (tertiary/aromatic N) is 1. The molecule has 1 aromatic carbocycles. The van der Waals surface area contributed by atoms with Crippen molar-refractivity contribution in [1.29, 1.82) is 0 Å². The van der Waals surface area contributed by atoms with E-state index in [9.17, 15) is 4.79 Å². The molecule has 0 aromatic heterocycles. The number of rotatable bonds is 2. The molecule has 1 aliphatic heterocycles. The third-order valence-corrected chi connectivity index (χ3v) is 3.36. The molecule has 0 bridgehead atoms. The van der Waals surface area contributed by atoms with Crippen molar-refractivity contribution in [2.45, 2.75) is 12.8 Å². The summed E-state index contributed by atoms with van der Waals surface area (Å²) in [7, 11) is 0. The van der Waals surface area contributed by atoms with Crippen LogP contribution in [0.3, 0.4) is 0 Å². The summed E-state index contributed by atoms with van der Waals surface area (Å²) in [5.41, 5.74) is 0.770. The van der Waals surface area contributed by atoms with E-state index in [1.807, 2.05) is 4.90 Å². The van der Waals surface area contributed by atoms with Crippen LogP contribution >= 0.6 is 23.2 Å². The molecule has 0 radical (unpaired) electrons. The zero-order valence-corrected chi connectivity index (χ0v) is 10.8. The predicted octanol–water partition coefficient (Wildman–Crippen LogP) is 3.63. The van der Waals surface area contributed by atoms with Crippen molar-refractivity contribution in [3.63, 3.8) is 0 Å². The van der Waals surface area contributed by atoms with Crippen LogP contribution in [0.5, 0.6) is 0 Å². The highest BCUT2D eigenvalue weighted by molar-refractivity contribution is 6.34. The van der Waals surface area contributed by atoms with Crippen LogP contribution in [-0.2, 0) is 4.79 Å². The molecule has 1 aromatic rings. The maximum atomic E-state index is 11.8. The van der Waals surface area contributed by atoms with Crippen molar-refractivity contribution in [1.82, 2.24) is 4.90 Å². The summed E-state index contributed by atoms with van der Waals surface area (Å²) in [4.78, 5) is 13.6. The third-order valence-electron chi connectivity index (χ3n) is 2.78. The van der Waals surface area contributed by atoms with E-state index in [4.69, 9.17) is 23.2 Å². The van der Waals surface area contributed by atoms with Gasteiger partial charge in [0, 0.05) is 29.2 Å². The lowest BCUT2D eigenvalue weighted by Crippen LogP contribution is -2.25. The van der Waals surface area contributed by atoms with Gasteiger partial charge in [-0.15, -0.1) is 0 Å². The summed E-state index contributed by atoms with van der Waals surface area (Å²) in [5.74, 6) is 0.0403. The standard InChI is InChI=1S/C13H13Cl2NO/c14-11-4-5-12(15)10(9-11)3-6-13(17)16-7-1-2-8-16/h3-6,9H,1-2,7-8H2/b6-3+. The molecule has 0 N–H and O–H groups in total. The Morgan fingerprint density at radius 1 is 1.24 bits per heavy atom. The van der Waals surface area contributed by atoms with Crippen LogP contribution in [0.4, 0.5) is 0 Å². The normalized spacial score (nSPS) is 15.8. The van der Waals surface area contributed by atoms with Crippen molar-refractivity contribution in [3.8, 4) is 0 Å². The maximum absolute atomic E-state index is 11.8. The van der Waals surface area contributed by atoms with Crippen LogP contribution in [0.25, 0.3) is 6.08 Å². The van der Waals surface area contributed by atoms with Crippen LogP contribution < -0.4 is 0 Å². The Balaban J connectivity index is 2.08. The summed E-state index contributed by atoms with van der Waals surface area (Å²) in [6.45, 7) is 1.71. The number of hydrogen-bond donors (Lipinski definition) is 0. The Morgan fingerprint density at radius 3 is 2.65 bits per heavy atom. The summed E-state index contributed by atoms with van der Waals surface area (Å²) in [6, 6.07) is 5.20. The second kappa shape index (κ2) is 5.56. The molecule has 90 valence electrons. The molecule has 1 heterocycles. The van der Waals surface area contributed by atoms with E-state index in [1.165, 1.54) is 0 Å². The monoisotopic (exact) mass is 269 g/mol. The SMILES string of the molecule is O=C(/C=C/c1cc(Cl)ccc1Cl)N1CCCC1. The largest absolute Gasteiger partial charge is 0.339 e. The summed E-state index contributed by atoms with van der Waals surface area (Å²) in [5, 5.41) is 1.21. The van der Waals surface area contributed by atoms with E-state index in [0.29, 0.717) is 10.0 Å². The molecule has 0 saturated carbocycles. The molecule has 0 aliphatic carbocycles. The summed E-state index contributed by atoms with van der Waals surface area (Å²) >= 11 is 11.9. The van der Waals surface area contributed by atoms with Gasteiger partial charge in [-0.05, 0) is 42.7 Å². The van der Waals surface area contributed by atoms with Crippen LogP contribution in [0, 0.1) is 0 Å². The molecule has 1 saturated heterocycles. The molecule has 0 unspecified atom stereocenters. The minimum atomic E-state index is 0.0403. The molecule has 4 heteroatoms. The van der Waals surface area contributed by atoms with Gasteiger partial charge in [-0.25, -0.2) is 0 Å². The van der Waals surface area contributed by atoms with E-state index in [2.05, 4.69) is 0 Å². The fourth-order valence-electron chi connectivity index (χ4n) is 1.85. The first-order valence-corrected chi connectivity index (χ1v) is 6.34. The van der Waals surface area contributed by atoms with E-state index >= 15 is 0 Å². The molecule has 0 atom stereocenters. The molecule has 17 heavy (non-hydrogen) atoms. The van der Waals surface area contributed by atoms with Crippen molar-refractivity contribution in [2.75, 3.05) is 13.1 Å². The fraction of sp³-hybridized carbons (Fsp3) is 0.308. The molecule has 0 spiro atoms. The molecular weight excluding hydrogens is 257 g/mol. The number of carbonyl (C=O) groups excluding carboxylic acids is 1. The Hall–Kier alpha value is -0.990. The Bertz CT molecular complexity index is 451. The highest BCUT2D eigenvalue weighted by atomic mass is 35.5. The van der Waals surface area contributed by atoms with Gasteiger partial charge < -0.3 is 4.90 Å². The zero-order chi connectivity index (χ0) is 12.3. The van der Waals surface area contributed by atoms with E-state index in [0.717, 1.165) is 31.5 Å². The molecular formula is C13H13Cl2NO. The lowest BCUT2D eigenvalue weighted by Gasteiger charge is -2.11. The van der Waals surface area contributed by atoms with E-state index < -0.39 is 0 Å². The first-order chi connectivity index (χ1) is 8.16. The summed E-state index contributed by atoms with van der Waals surface area (Å²) in [6.07, 6.45) is 5.47. The van der Waals surface area contributed by atoms with Crippen LogP contribution in [0.2, 0.25) is 10.0 Å². The number of hydrogen-bond acceptors (Lipinski definition) is 1. The number of benzene rings is 1. The Labute approximate surface area is 111 Å². The highest BCUT2D eigenvalue weighted by Gasteiger charge is 2.15. The van der Waals surface area contributed by atoms with Gasteiger partial charge in [0.15, 0.2) is 0 Å². The van der Waals surface area contributed by atoms with Gasteiger partial charge in [0.2, 0.25) is 5.91 Å². The zero-order valence-electron chi connectivity index (χ0n) is 9.33. The van der Waals surface area contributed by atoms with Crippen molar-refractivity contribution in [3.05, 3.63) is 39.9 Å². The fourth-order valence-corrected chi connectivity index (χ4v) is 2.21. The molecule has 1 fully saturated rings. The smallest absolute Gasteiger partial charge is 0.246 e. The van der Waals surface area contributed by atoms with Crippen molar-refractivity contribution < 1.29 is 4.79 Å². The Kier molecular flexibility index (Phi) is 4.08. The third kappa shape index (κ3) is 3.24. The topological polar surface area (TPSA) is 20.3 Å². The molecule has 2 nitrogen and oxygen atoms in total.